The summed E-state index contributed by atoms with van der Waals surface area (Å²) < 4.78 is 26.4. The van der Waals surface area contributed by atoms with Gasteiger partial charge in [-0.1, -0.05) is 24.3 Å². The lowest BCUT2D eigenvalue weighted by atomic mass is 9.75. The maximum absolute atomic E-state index is 15.2. The van der Waals surface area contributed by atoms with Gasteiger partial charge in [-0.15, -0.1) is 12.4 Å². The van der Waals surface area contributed by atoms with Gasteiger partial charge >= 0.3 is 0 Å². The molecule has 2 aromatic rings. The Morgan fingerprint density at radius 2 is 2.04 bits per heavy atom. The summed E-state index contributed by atoms with van der Waals surface area (Å²) in [6.45, 7) is 6.59. The van der Waals surface area contributed by atoms with E-state index in [9.17, 15) is 0 Å². The minimum atomic E-state index is -0.282. The van der Waals surface area contributed by atoms with E-state index in [-0.39, 0.29) is 30.6 Å². The van der Waals surface area contributed by atoms with E-state index in [1.165, 1.54) is 17.2 Å². The molecule has 3 aliphatic rings. The molecule has 5 heteroatoms. The maximum Gasteiger partial charge on any atom is 0.231 e. The predicted molar refractivity (Wildman–Crippen MR) is 110 cm³/mol. The van der Waals surface area contributed by atoms with Crippen LogP contribution in [-0.2, 0) is 12.0 Å². The number of hydrogen-bond donors (Lipinski definition) is 0. The number of ether oxygens (including phenoxy) is 2. The molecule has 2 heterocycles. The first-order chi connectivity index (χ1) is 13.1. The number of hydrogen-bond acceptors (Lipinski definition) is 3. The van der Waals surface area contributed by atoms with Crippen molar-refractivity contribution in [3.8, 4) is 11.5 Å². The molecule has 0 bridgehead atoms. The van der Waals surface area contributed by atoms with Crippen LogP contribution >= 0.6 is 12.4 Å². The van der Waals surface area contributed by atoms with Crippen molar-refractivity contribution in [2.24, 2.45) is 0 Å². The zero-order valence-corrected chi connectivity index (χ0v) is 17.3. The fourth-order valence-corrected chi connectivity index (χ4v) is 5.46. The van der Waals surface area contributed by atoms with Crippen molar-refractivity contribution in [2.75, 3.05) is 19.9 Å². The van der Waals surface area contributed by atoms with E-state index in [0.717, 1.165) is 55.6 Å². The van der Waals surface area contributed by atoms with Gasteiger partial charge < -0.3 is 9.47 Å². The molecule has 150 valence electrons. The highest BCUT2D eigenvalue weighted by atomic mass is 35.5. The van der Waals surface area contributed by atoms with Crippen LogP contribution in [0.2, 0.25) is 0 Å². The summed E-state index contributed by atoms with van der Waals surface area (Å²) >= 11 is 0. The lowest BCUT2D eigenvalue weighted by molar-refractivity contribution is 0.106. The summed E-state index contributed by atoms with van der Waals surface area (Å²) in [5, 5.41) is 0. The topological polar surface area (TPSA) is 21.7 Å². The molecule has 1 aliphatic carbocycles. The van der Waals surface area contributed by atoms with E-state index in [0.29, 0.717) is 11.7 Å². The van der Waals surface area contributed by atoms with E-state index < -0.39 is 0 Å². The van der Waals surface area contributed by atoms with Crippen molar-refractivity contribution in [3.63, 3.8) is 0 Å². The molecule has 0 aromatic heterocycles. The summed E-state index contributed by atoms with van der Waals surface area (Å²) in [6, 6.07) is 10.2. The summed E-state index contributed by atoms with van der Waals surface area (Å²) in [6.07, 6.45) is 4.02. The molecule has 0 N–H and O–H groups in total. The van der Waals surface area contributed by atoms with Crippen LogP contribution in [0.25, 0.3) is 0 Å². The second-order valence-electron chi connectivity index (χ2n) is 8.36. The minimum Gasteiger partial charge on any atom is -0.453 e. The van der Waals surface area contributed by atoms with Crippen molar-refractivity contribution in [3.05, 3.63) is 58.4 Å². The van der Waals surface area contributed by atoms with E-state index in [2.05, 4.69) is 43.0 Å². The van der Waals surface area contributed by atoms with Gasteiger partial charge in [0.15, 0.2) is 11.5 Å². The van der Waals surface area contributed by atoms with Crippen LogP contribution in [-0.4, -0.2) is 24.8 Å². The lowest BCUT2D eigenvalue weighted by Crippen LogP contribution is -2.45. The third kappa shape index (κ3) is 2.89. The molecule has 2 unspecified atom stereocenters. The molecule has 1 saturated heterocycles. The smallest absolute Gasteiger partial charge is 0.231 e. The van der Waals surface area contributed by atoms with Crippen LogP contribution in [0.4, 0.5) is 4.39 Å². The zero-order chi connectivity index (χ0) is 18.6. The highest BCUT2D eigenvalue weighted by Crippen LogP contribution is 2.50. The van der Waals surface area contributed by atoms with Gasteiger partial charge in [0.2, 0.25) is 6.79 Å². The normalized spacial score (nSPS) is 26.0. The van der Waals surface area contributed by atoms with Gasteiger partial charge in [0.05, 0.1) is 0 Å². The Kier molecular flexibility index (Phi) is 5.05. The van der Waals surface area contributed by atoms with Gasteiger partial charge in [0.1, 0.15) is 5.82 Å². The first kappa shape index (κ1) is 19.5. The molecule has 2 aromatic carbocycles. The van der Waals surface area contributed by atoms with Crippen LogP contribution in [0.15, 0.2) is 30.3 Å². The Bertz CT molecular complexity index is 902. The molecule has 1 fully saturated rings. The Balaban J connectivity index is 0.00000192. The summed E-state index contributed by atoms with van der Waals surface area (Å²) in [5.74, 6) is 1.71. The Morgan fingerprint density at radius 3 is 2.86 bits per heavy atom. The van der Waals surface area contributed by atoms with Gasteiger partial charge in [0.25, 0.3) is 0 Å². The third-order valence-electron chi connectivity index (χ3n) is 6.86. The first-order valence-corrected chi connectivity index (χ1v) is 10.00. The van der Waals surface area contributed by atoms with Gasteiger partial charge in [-0.25, -0.2) is 4.39 Å². The van der Waals surface area contributed by atoms with Crippen molar-refractivity contribution in [1.29, 1.82) is 0 Å². The van der Waals surface area contributed by atoms with E-state index >= 15 is 4.39 Å². The van der Waals surface area contributed by atoms with Crippen LogP contribution in [0, 0.1) is 12.7 Å². The fraction of sp³-hybridized carbons (Fsp3) is 0.478. The Hall–Kier alpha value is -1.78. The first-order valence-electron chi connectivity index (χ1n) is 10.00. The molecule has 3 nitrogen and oxygen atoms in total. The van der Waals surface area contributed by atoms with Crippen LogP contribution in [0.5, 0.6) is 11.5 Å². The third-order valence-corrected chi connectivity index (χ3v) is 6.86. The number of halogens is 2. The molecule has 0 amide bonds. The van der Waals surface area contributed by atoms with Crippen molar-refractivity contribution >= 4 is 12.4 Å². The van der Waals surface area contributed by atoms with Crippen LogP contribution in [0.1, 0.15) is 54.4 Å². The number of benzene rings is 2. The predicted octanol–water partition coefficient (Wildman–Crippen LogP) is 5.33. The highest BCUT2D eigenvalue weighted by molar-refractivity contribution is 5.85. The van der Waals surface area contributed by atoms with Crippen LogP contribution in [0.3, 0.4) is 0 Å². The standard InChI is InChI=1S/C23H26FNO2.ClH/c1-15-6-3-4-7-17(15)16-9-11-25(13-16)23(2)10-5-8-18-21(23)19(24)12-20-22(18)27-14-26-20;/h3-4,6-7,12,16H,5,8-11,13-14H2,1-2H3;1H. The number of aryl methyl sites for hydroxylation is 1. The summed E-state index contributed by atoms with van der Waals surface area (Å²) in [4.78, 5) is 2.51. The summed E-state index contributed by atoms with van der Waals surface area (Å²) in [7, 11) is 0. The van der Waals surface area contributed by atoms with E-state index in [1.54, 1.807) is 0 Å². The largest absolute Gasteiger partial charge is 0.453 e. The monoisotopic (exact) mass is 403 g/mol. The second-order valence-corrected chi connectivity index (χ2v) is 8.36. The lowest BCUT2D eigenvalue weighted by Gasteiger charge is -2.44. The minimum absolute atomic E-state index is 0. The SMILES string of the molecule is Cc1ccccc1C1CCN(C2(C)CCCc3c4c(cc(F)c32)OCO4)C1.Cl. The number of fused-ring (bicyclic) bond motifs is 3. The second kappa shape index (κ2) is 7.23. The fourth-order valence-electron chi connectivity index (χ4n) is 5.46. The van der Waals surface area contributed by atoms with Gasteiger partial charge in [-0.05, 0) is 63.1 Å². The average Bonchev–Trinajstić information content (AvgIpc) is 3.32. The van der Waals surface area contributed by atoms with Crippen LogP contribution < -0.4 is 9.47 Å². The molecule has 2 aliphatic heterocycles. The molecule has 5 rings (SSSR count). The number of likely N-dealkylation sites (tertiary alicyclic amines) is 1. The molecule has 0 spiro atoms. The number of rotatable bonds is 2. The Labute approximate surface area is 172 Å². The maximum atomic E-state index is 15.2. The van der Waals surface area contributed by atoms with Crippen molar-refractivity contribution in [1.82, 2.24) is 4.90 Å². The van der Waals surface area contributed by atoms with Gasteiger partial charge in [0, 0.05) is 29.3 Å². The zero-order valence-electron chi connectivity index (χ0n) is 16.5. The number of nitrogens with zero attached hydrogens (tertiary/aromatic N) is 1. The van der Waals surface area contributed by atoms with E-state index in [1.807, 2.05) is 0 Å². The Morgan fingerprint density at radius 1 is 1.21 bits per heavy atom. The van der Waals surface area contributed by atoms with Gasteiger partial charge in [-0.2, -0.15) is 0 Å². The van der Waals surface area contributed by atoms with Gasteiger partial charge in [-0.3, -0.25) is 4.90 Å². The molecular formula is C23H27ClFNO2. The van der Waals surface area contributed by atoms with Crippen molar-refractivity contribution < 1.29 is 13.9 Å². The molecule has 0 saturated carbocycles. The van der Waals surface area contributed by atoms with E-state index in [4.69, 9.17) is 9.47 Å². The molecule has 28 heavy (non-hydrogen) atoms. The summed E-state index contributed by atoms with van der Waals surface area (Å²) in [5.41, 5.74) is 4.37. The molecular weight excluding hydrogens is 377 g/mol. The average molecular weight is 404 g/mol. The molecule has 2 atom stereocenters. The molecule has 0 radical (unpaired) electrons. The highest BCUT2D eigenvalue weighted by Gasteiger charge is 2.45. The quantitative estimate of drug-likeness (QED) is 0.676. The van der Waals surface area contributed by atoms with Crippen molar-refractivity contribution in [2.45, 2.75) is 51.0 Å².